The number of benzene rings is 1. The van der Waals surface area contributed by atoms with Crippen LogP contribution in [0, 0.1) is 0 Å². The van der Waals surface area contributed by atoms with Gasteiger partial charge < -0.3 is 14.2 Å². The van der Waals surface area contributed by atoms with Crippen LogP contribution in [0.15, 0.2) is 41.4 Å². The monoisotopic (exact) mass is 411 g/mol. The third kappa shape index (κ3) is 4.35. The SMILES string of the molecule is CN(Cc1cccc(Cl)c1)C(=O)c1cc(S(=O)(=O)N2CCOCC2)cn1C. The summed E-state index contributed by atoms with van der Waals surface area (Å²) in [6.45, 7) is 1.75. The molecule has 0 radical (unpaired) electrons. The van der Waals surface area contributed by atoms with Crippen molar-refractivity contribution in [1.82, 2.24) is 13.8 Å². The highest BCUT2D eigenvalue weighted by atomic mass is 35.5. The predicted octanol–water partition coefficient (Wildman–Crippen LogP) is 1.97. The van der Waals surface area contributed by atoms with Crippen LogP contribution in [0.25, 0.3) is 0 Å². The van der Waals surface area contributed by atoms with Gasteiger partial charge in [-0.15, -0.1) is 0 Å². The molecule has 7 nitrogen and oxygen atoms in total. The topological polar surface area (TPSA) is 71.8 Å². The summed E-state index contributed by atoms with van der Waals surface area (Å²) in [7, 11) is -0.305. The smallest absolute Gasteiger partial charge is 0.270 e. The molecule has 3 rings (SSSR count). The van der Waals surface area contributed by atoms with Gasteiger partial charge in [0, 0.05) is 44.9 Å². The first-order valence-electron chi connectivity index (χ1n) is 8.53. The van der Waals surface area contributed by atoms with Gasteiger partial charge in [-0.3, -0.25) is 4.79 Å². The van der Waals surface area contributed by atoms with Gasteiger partial charge in [0.15, 0.2) is 0 Å². The highest BCUT2D eigenvalue weighted by molar-refractivity contribution is 7.89. The van der Waals surface area contributed by atoms with E-state index in [4.69, 9.17) is 16.3 Å². The van der Waals surface area contributed by atoms with E-state index < -0.39 is 10.0 Å². The van der Waals surface area contributed by atoms with Crippen molar-refractivity contribution in [2.24, 2.45) is 7.05 Å². The molecule has 1 aromatic heterocycles. The molecule has 0 unspecified atom stereocenters. The summed E-state index contributed by atoms with van der Waals surface area (Å²) in [5.41, 5.74) is 1.21. The number of halogens is 1. The van der Waals surface area contributed by atoms with Gasteiger partial charge in [0.1, 0.15) is 10.6 Å². The van der Waals surface area contributed by atoms with Crippen molar-refractivity contribution < 1.29 is 17.9 Å². The number of aromatic nitrogens is 1. The summed E-state index contributed by atoms with van der Waals surface area (Å²) in [6, 6.07) is 8.71. The van der Waals surface area contributed by atoms with Crippen molar-refractivity contribution in [3.63, 3.8) is 0 Å². The maximum absolute atomic E-state index is 12.8. The van der Waals surface area contributed by atoms with Crippen molar-refractivity contribution in [2.45, 2.75) is 11.4 Å². The number of carbonyl (C=O) groups is 1. The first-order valence-corrected chi connectivity index (χ1v) is 10.3. The Morgan fingerprint density at radius 3 is 2.63 bits per heavy atom. The molecule has 27 heavy (non-hydrogen) atoms. The Kier molecular flexibility index (Phi) is 5.90. The lowest BCUT2D eigenvalue weighted by molar-refractivity contribution is 0.0730. The Morgan fingerprint density at radius 1 is 1.26 bits per heavy atom. The van der Waals surface area contributed by atoms with E-state index in [-0.39, 0.29) is 10.8 Å². The molecule has 0 N–H and O–H groups in total. The zero-order valence-electron chi connectivity index (χ0n) is 15.3. The Labute approximate surface area is 164 Å². The van der Waals surface area contributed by atoms with Gasteiger partial charge >= 0.3 is 0 Å². The fourth-order valence-electron chi connectivity index (χ4n) is 3.00. The predicted molar refractivity (Wildman–Crippen MR) is 102 cm³/mol. The highest BCUT2D eigenvalue weighted by Gasteiger charge is 2.29. The van der Waals surface area contributed by atoms with Crippen molar-refractivity contribution >= 4 is 27.5 Å². The number of amides is 1. The maximum Gasteiger partial charge on any atom is 0.270 e. The van der Waals surface area contributed by atoms with Gasteiger partial charge in [-0.2, -0.15) is 4.31 Å². The summed E-state index contributed by atoms with van der Waals surface area (Å²) in [6.07, 6.45) is 1.48. The molecule has 0 atom stereocenters. The second-order valence-electron chi connectivity index (χ2n) is 6.48. The molecule has 1 aliphatic rings. The van der Waals surface area contributed by atoms with Crippen LogP contribution < -0.4 is 0 Å². The molecule has 1 aromatic carbocycles. The third-order valence-electron chi connectivity index (χ3n) is 4.46. The number of hydrogen-bond acceptors (Lipinski definition) is 4. The zero-order chi connectivity index (χ0) is 19.6. The molecule has 0 spiro atoms. The molecule has 0 saturated carbocycles. The van der Waals surface area contributed by atoms with E-state index in [2.05, 4.69) is 0 Å². The Hall–Kier alpha value is -1.87. The van der Waals surface area contributed by atoms with Gasteiger partial charge in [0.2, 0.25) is 10.0 Å². The highest BCUT2D eigenvalue weighted by Crippen LogP contribution is 2.21. The molecule has 0 aliphatic carbocycles. The first kappa shape index (κ1) is 19.9. The number of ether oxygens (including phenoxy) is 1. The van der Waals surface area contributed by atoms with E-state index in [0.29, 0.717) is 43.6 Å². The van der Waals surface area contributed by atoms with Crippen LogP contribution in [-0.4, -0.2) is 61.4 Å². The van der Waals surface area contributed by atoms with E-state index >= 15 is 0 Å². The number of rotatable bonds is 5. The molecule has 1 amide bonds. The largest absolute Gasteiger partial charge is 0.379 e. The molecular weight excluding hydrogens is 390 g/mol. The lowest BCUT2D eigenvalue weighted by atomic mass is 10.2. The lowest BCUT2D eigenvalue weighted by Crippen LogP contribution is -2.40. The minimum atomic E-state index is -3.64. The van der Waals surface area contributed by atoms with Crippen LogP contribution in [0.4, 0.5) is 0 Å². The Balaban J connectivity index is 1.79. The molecule has 1 aliphatic heterocycles. The molecule has 2 heterocycles. The van der Waals surface area contributed by atoms with Gasteiger partial charge in [0.05, 0.1) is 13.2 Å². The normalized spacial score (nSPS) is 15.7. The number of morpholine rings is 1. The van der Waals surface area contributed by atoms with E-state index in [1.165, 1.54) is 21.5 Å². The lowest BCUT2D eigenvalue weighted by Gasteiger charge is -2.25. The molecule has 146 valence electrons. The second-order valence-corrected chi connectivity index (χ2v) is 8.85. The van der Waals surface area contributed by atoms with Crippen molar-refractivity contribution in [3.8, 4) is 0 Å². The van der Waals surface area contributed by atoms with Gasteiger partial charge in [-0.25, -0.2) is 8.42 Å². The number of nitrogens with zero attached hydrogens (tertiary/aromatic N) is 3. The van der Waals surface area contributed by atoms with Crippen LogP contribution in [0.1, 0.15) is 16.1 Å². The molecule has 2 aromatic rings. The summed E-state index contributed by atoms with van der Waals surface area (Å²) in [4.78, 5) is 14.5. The Morgan fingerprint density at radius 2 is 1.96 bits per heavy atom. The maximum atomic E-state index is 12.8. The van der Waals surface area contributed by atoms with Crippen molar-refractivity contribution in [3.05, 3.63) is 52.8 Å². The van der Waals surface area contributed by atoms with Crippen LogP contribution in [0.5, 0.6) is 0 Å². The Bertz CT molecular complexity index is 936. The van der Waals surface area contributed by atoms with E-state index in [0.717, 1.165) is 5.56 Å². The average molecular weight is 412 g/mol. The third-order valence-corrected chi connectivity index (χ3v) is 6.56. The number of aryl methyl sites for hydroxylation is 1. The van der Waals surface area contributed by atoms with Gasteiger partial charge in [0.25, 0.3) is 5.91 Å². The number of carbonyl (C=O) groups excluding carboxylic acids is 1. The summed E-state index contributed by atoms with van der Waals surface area (Å²) in [5, 5.41) is 0.603. The second kappa shape index (κ2) is 8.02. The van der Waals surface area contributed by atoms with Crippen LogP contribution in [0.3, 0.4) is 0 Å². The molecule has 1 saturated heterocycles. The molecule has 1 fully saturated rings. The van der Waals surface area contributed by atoms with Gasteiger partial charge in [-0.05, 0) is 23.8 Å². The summed E-state index contributed by atoms with van der Waals surface area (Å²) >= 11 is 5.99. The molecular formula is C18H22ClN3O4S. The average Bonchev–Trinajstić information content (AvgIpc) is 3.04. The fraction of sp³-hybridized carbons (Fsp3) is 0.389. The van der Waals surface area contributed by atoms with Gasteiger partial charge in [-0.1, -0.05) is 23.7 Å². The van der Waals surface area contributed by atoms with Crippen LogP contribution in [-0.2, 0) is 28.4 Å². The minimum absolute atomic E-state index is 0.117. The standard InChI is InChI=1S/C18H22ClN3O4S/c1-20-13-16(27(24,25)22-6-8-26-9-7-22)11-17(20)18(23)21(2)12-14-4-3-5-15(19)10-14/h3-5,10-11,13H,6-9,12H2,1-2H3. The number of hydrogen-bond donors (Lipinski definition) is 0. The van der Waals surface area contributed by atoms with E-state index in [1.807, 2.05) is 12.1 Å². The van der Waals surface area contributed by atoms with E-state index in [1.54, 1.807) is 30.8 Å². The first-order chi connectivity index (χ1) is 12.8. The quantitative estimate of drug-likeness (QED) is 0.754. The summed E-state index contributed by atoms with van der Waals surface area (Å²) < 4.78 is 33.7. The fourth-order valence-corrected chi connectivity index (χ4v) is 4.69. The summed E-state index contributed by atoms with van der Waals surface area (Å²) in [5.74, 6) is -0.263. The minimum Gasteiger partial charge on any atom is -0.379 e. The number of sulfonamides is 1. The molecule has 9 heteroatoms. The van der Waals surface area contributed by atoms with E-state index in [9.17, 15) is 13.2 Å². The zero-order valence-corrected chi connectivity index (χ0v) is 16.8. The van der Waals surface area contributed by atoms with Crippen LogP contribution >= 0.6 is 11.6 Å². The van der Waals surface area contributed by atoms with Crippen molar-refractivity contribution in [1.29, 1.82) is 0 Å². The molecule has 0 bridgehead atoms. The van der Waals surface area contributed by atoms with Crippen molar-refractivity contribution in [2.75, 3.05) is 33.4 Å². The van der Waals surface area contributed by atoms with Crippen LogP contribution in [0.2, 0.25) is 5.02 Å².